The Labute approximate surface area is 118 Å². The molecule has 1 aromatic rings. The average Bonchev–Trinajstić information content (AvgIpc) is 2.25. The minimum atomic E-state index is -4.55. The standard InChI is InChI=1S/C12H15F3N2O2S/c1-11(2,3)7-6-8(12(13,14)15)17-10(16-7)20-5-4-9(18)19/h6H,4-5H2,1-3H3,(H,18,19). The Kier molecular flexibility index (Phi) is 5.01. The first-order valence-electron chi connectivity index (χ1n) is 5.81. The Morgan fingerprint density at radius 1 is 1.25 bits per heavy atom. The Hall–Kier alpha value is -1.31. The van der Waals surface area contributed by atoms with Crippen molar-refractivity contribution in [2.75, 3.05) is 5.75 Å². The van der Waals surface area contributed by atoms with Gasteiger partial charge in [-0.2, -0.15) is 13.2 Å². The van der Waals surface area contributed by atoms with Crippen LogP contribution < -0.4 is 0 Å². The Morgan fingerprint density at radius 3 is 2.25 bits per heavy atom. The fourth-order valence-electron chi connectivity index (χ4n) is 1.25. The van der Waals surface area contributed by atoms with Crippen LogP contribution in [0.2, 0.25) is 0 Å². The quantitative estimate of drug-likeness (QED) is 0.682. The first-order valence-corrected chi connectivity index (χ1v) is 6.80. The molecule has 1 N–H and O–H groups in total. The highest BCUT2D eigenvalue weighted by Gasteiger charge is 2.34. The summed E-state index contributed by atoms with van der Waals surface area (Å²) in [7, 11) is 0. The number of carboxylic acids is 1. The first-order chi connectivity index (χ1) is 9.00. The van der Waals surface area contributed by atoms with E-state index in [1.807, 2.05) is 0 Å². The fourth-order valence-corrected chi connectivity index (χ4v) is 2.03. The van der Waals surface area contributed by atoms with Gasteiger partial charge in [-0.1, -0.05) is 32.5 Å². The van der Waals surface area contributed by atoms with Gasteiger partial charge in [0.2, 0.25) is 0 Å². The number of aliphatic carboxylic acids is 1. The van der Waals surface area contributed by atoms with Gasteiger partial charge in [-0.3, -0.25) is 4.79 Å². The van der Waals surface area contributed by atoms with Crippen LogP contribution in [0, 0.1) is 0 Å². The van der Waals surface area contributed by atoms with Crippen LogP contribution in [-0.4, -0.2) is 26.8 Å². The summed E-state index contributed by atoms with van der Waals surface area (Å²) in [6, 6.07) is 0.932. The van der Waals surface area contributed by atoms with Gasteiger partial charge in [0.1, 0.15) is 5.69 Å². The van der Waals surface area contributed by atoms with Crippen LogP contribution in [0.4, 0.5) is 13.2 Å². The van der Waals surface area contributed by atoms with Gasteiger partial charge >= 0.3 is 12.1 Å². The zero-order valence-electron chi connectivity index (χ0n) is 11.3. The van der Waals surface area contributed by atoms with Gasteiger partial charge in [0.05, 0.1) is 12.1 Å². The van der Waals surface area contributed by atoms with Crippen molar-refractivity contribution in [3.63, 3.8) is 0 Å². The highest BCUT2D eigenvalue weighted by Crippen LogP contribution is 2.32. The number of alkyl halides is 3. The number of hydrogen-bond acceptors (Lipinski definition) is 4. The summed E-state index contributed by atoms with van der Waals surface area (Å²) >= 11 is 0.906. The molecule has 8 heteroatoms. The van der Waals surface area contributed by atoms with Crippen molar-refractivity contribution in [3.05, 3.63) is 17.5 Å². The highest BCUT2D eigenvalue weighted by molar-refractivity contribution is 7.99. The van der Waals surface area contributed by atoms with Gasteiger partial charge in [0.25, 0.3) is 0 Å². The molecule has 20 heavy (non-hydrogen) atoms. The molecule has 112 valence electrons. The van der Waals surface area contributed by atoms with Crippen molar-refractivity contribution in [2.45, 2.75) is 43.9 Å². The van der Waals surface area contributed by atoms with Gasteiger partial charge in [-0.15, -0.1) is 0 Å². The maximum absolute atomic E-state index is 12.8. The van der Waals surface area contributed by atoms with Crippen LogP contribution in [0.15, 0.2) is 11.2 Å². The van der Waals surface area contributed by atoms with Crippen LogP contribution in [0.5, 0.6) is 0 Å². The van der Waals surface area contributed by atoms with Gasteiger partial charge in [0, 0.05) is 11.2 Å². The van der Waals surface area contributed by atoms with E-state index < -0.39 is 23.3 Å². The van der Waals surface area contributed by atoms with E-state index >= 15 is 0 Å². The molecule has 0 aliphatic carbocycles. The van der Waals surface area contributed by atoms with E-state index in [1.165, 1.54) is 0 Å². The third-order valence-corrected chi connectivity index (χ3v) is 3.16. The maximum Gasteiger partial charge on any atom is 0.433 e. The SMILES string of the molecule is CC(C)(C)c1cc(C(F)(F)F)nc(SCCC(=O)O)n1. The maximum atomic E-state index is 12.8. The summed E-state index contributed by atoms with van der Waals surface area (Å²) in [6.45, 7) is 5.25. The summed E-state index contributed by atoms with van der Waals surface area (Å²) in [5.41, 5.74) is -1.28. The van der Waals surface area contributed by atoms with Crippen molar-refractivity contribution in [2.24, 2.45) is 0 Å². The third kappa shape index (κ3) is 4.99. The second-order valence-electron chi connectivity index (χ2n) is 5.16. The number of carbonyl (C=O) groups is 1. The minimum absolute atomic E-state index is 0.0500. The molecule has 4 nitrogen and oxygen atoms in total. The van der Waals surface area contributed by atoms with E-state index in [1.54, 1.807) is 20.8 Å². The monoisotopic (exact) mass is 308 g/mol. The van der Waals surface area contributed by atoms with Crippen LogP contribution in [0.3, 0.4) is 0 Å². The summed E-state index contributed by atoms with van der Waals surface area (Å²) in [5, 5.41) is 8.48. The Bertz CT molecular complexity index is 466. The number of thioether (sulfide) groups is 1. The lowest BCUT2D eigenvalue weighted by atomic mass is 9.91. The molecule has 0 spiro atoms. The number of rotatable bonds is 4. The lowest BCUT2D eigenvalue weighted by molar-refractivity contribution is -0.142. The van der Waals surface area contributed by atoms with Crippen LogP contribution >= 0.6 is 11.8 Å². The Balaban J connectivity index is 3.08. The normalized spacial score (nSPS) is 12.5. The van der Waals surface area contributed by atoms with Gasteiger partial charge < -0.3 is 5.11 Å². The summed E-state index contributed by atoms with van der Waals surface area (Å²) < 4.78 is 38.4. The second kappa shape index (κ2) is 5.99. The third-order valence-electron chi connectivity index (χ3n) is 2.31. The molecule has 0 amide bonds. The number of carboxylic acid groups (broad SMARTS) is 1. The topological polar surface area (TPSA) is 63.1 Å². The summed E-state index contributed by atoms with van der Waals surface area (Å²) in [6.07, 6.45) is -4.71. The van der Waals surface area contributed by atoms with Crippen molar-refractivity contribution in [1.29, 1.82) is 0 Å². The minimum Gasteiger partial charge on any atom is -0.481 e. The molecule has 0 unspecified atom stereocenters. The zero-order chi connectivity index (χ0) is 15.6. The predicted molar refractivity (Wildman–Crippen MR) is 68.7 cm³/mol. The molecule has 0 saturated heterocycles. The van der Waals surface area contributed by atoms with E-state index in [-0.39, 0.29) is 23.0 Å². The lowest BCUT2D eigenvalue weighted by Crippen LogP contribution is -2.18. The number of halogens is 3. The van der Waals surface area contributed by atoms with Gasteiger partial charge in [-0.25, -0.2) is 9.97 Å². The smallest absolute Gasteiger partial charge is 0.433 e. The molecule has 0 aliphatic heterocycles. The summed E-state index contributed by atoms with van der Waals surface area (Å²) in [5.74, 6) is -0.888. The predicted octanol–water partition coefficient (Wildman–Crippen LogP) is 3.36. The molecule has 1 heterocycles. The molecule has 1 aromatic heterocycles. The number of aromatic nitrogens is 2. The molecule has 0 fully saturated rings. The fraction of sp³-hybridized carbons (Fsp3) is 0.583. The highest BCUT2D eigenvalue weighted by atomic mass is 32.2. The van der Waals surface area contributed by atoms with Gasteiger partial charge in [0.15, 0.2) is 5.16 Å². The van der Waals surface area contributed by atoms with E-state index in [0.717, 1.165) is 17.8 Å². The molecule has 0 radical (unpaired) electrons. The lowest BCUT2D eigenvalue weighted by Gasteiger charge is -2.19. The van der Waals surface area contributed by atoms with E-state index in [2.05, 4.69) is 9.97 Å². The van der Waals surface area contributed by atoms with Crippen LogP contribution in [-0.2, 0) is 16.4 Å². The molecular formula is C12H15F3N2O2S. The van der Waals surface area contributed by atoms with E-state index in [4.69, 9.17) is 5.11 Å². The molecular weight excluding hydrogens is 293 g/mol. The van der Waals surface area contributed by atoms with E-state index in [9.17, 15) is 18.0 Å². The van der Waals surface area contributed by atoms with Crippen LogP contribution in [0.25, 0.3) is 0 Å². The zero-order valence-corrected chi connectivity index (χ0v) is 12.1. The van der Waals surface area contributed by atoms with Crippen LogP contribution in [0.1, 0.15) is 38.6 Å². The largest absolute Gasteiger partial charge is 0.481 e. The van der Waals surface area contributed by atoms with Crippen molar-refractivity contribution < 1.29 is 23.1 Å². The Morgan fingerprint density at radius 2 is 1.80 bits per heavy atom. The molecule has 0 saturated carbocycles. The van der Waals surface area contributed by atoms with Gasteiger partial charge in [-0.05, 0) is 6.07 Å². The molecule has 0 atom stereocenters. The number of hydrogen-bond donors (Lipinski definition) is 1. The molecule has 0 aromatic carbocycles. The second-order valence-corrected chi connectivity index (χ2v) is 6.22. The van der Waals surface area contributed by atoms with Crippen molar-refractivity contribution in [1.82, 2.24) is 9.97 Å². The molecule has 0 aliphatic rings. The number of nitrogens with zero attached hydrogens (tertiary/aromatic N) is 2. The van der Waals surface area contributed by atoms with Crippen molar-refractivity contribution >= 4 is 17.7 Å². The first kappa shape index (κ1) is 16.7. The van der Waals surface area contributed by atoms with Crippen molar-refractivity contribution in [3.8, 4) is 0 Å². The average molecular weight is 308 g/mol. The summed E-state index contributed by atoms with van der Waals surface area (Å²) in [4.78, 5) is 17.9. The molecule has 1 rings (SSSR count). The van der Waals surface area contributed by atoms with E-state index in [0.29, 0.717) is 0 Å². The molecule has 0 bridgehead atoms.